The lowest BCUT2D eigenvalue weighted by Gasteiger charge is -2.31. The normalized spacial score (nSPS) is 29.6. The highest BCUT2D eigenvalue weighted by molar-refractivity contribution is 5.94. The van der Waals surface area contributed by atoms with Crippen LogP contribution in [0.25, 0.3) is 0 Å². The van der Waals surface area contributed by atoms with Crippen LogP contribution in [0.4, 0.5) is 19.0 Å². The van der Waals surface area contributed by atoms with Gasteiger partial charge in [0.25, 0.3) is 0 Å². The second kappa shape index (κ2) is 5.67. The minimum absolute atomic E-state index is 0.248. The van der Waals surface area contributed by atoms with Gasteiger partial charge in [0.15, 0.2) is 0 Å². The topological polar surface area (TPSA) is 51.7 Å². The van der Waals surface area contributed by atoms with Crippen molar-refractivity contribution in [2.45, 2.75) is 31.2 Å². The fourth-order valence-corrected chi connectivity index (χ4v) is 3.45. The van der Waals surface area contributed by atoms with Crippen LogP contribution in [0.3, 0.4) is 0 Å². The Kier molecular flexibility index (Phi) is 3.95. The van der Waals surface area contributed by atoms with Gasteiger partial charge in [-0.15, -0.1) is 0 Å². The third kappa shape index (κ3) is 2.75. The number of amides is 1. The van der Waals surface area contributed by atoms with Crippen molar-refractivity contribution in [3.8, 4) is 5.75 Å². The first-order valence-electron chi connectivity index (χ1n) is 7.32. The van der Waals surface area contributed by atoms with Crippen LogP contribution in [0.1, 0.15) is 12.8 Å². The minimum atomic E-state index is -4.46. The van der Waals surface area contributed by atoms with Crippen molar-refractivity contribution in [1.82, 2.24) is 4.98 Å². The van der Waals surface area contributed by atoms with E-state index in [4.69, 9.17) is 9.47 Å². The third-order valence-electron chi connectivity index (χ3n) is 4.56. The van der Waals surface area contributed by atoms with Gasteiger partial charge in [-0.1, -0.05) is 0 Å². The van der Waals surface area contributed by atoms with Crippen molar-refractivity contribution in [3.63, 3.8) is 0 Å². The van der Waals surface area contributed by atoms with Crippen LogP contribution >= 0.6 is 0 Å². The number of ether oxygens (including phenoxy) is 2. The summed E-state index contributed by atoms with van der Waals surface area (Å²) in [7, 11) is 2.88. The second-order valence-corrected chi connectivity index (χ2v) is 5.83. The molecule has 5 nitrogen and oxygen atoms in total. The zero-order chi connectivity index (χ0) is 16.8. The monoisotopic (exact) mass is 330 g/mol. The van der Waals surface area contributed by atoms with Crippen LogP contribution in [0.5, 0.6) is 5.75 Å². The Bertz CT molecular complexity index is 608. The standard InChI is InChI=1S/C15H17F3N2O3/c1-20(11-7-8(22-2)5-6-19-11)14(21)12-9-3-4-10(23-9)13(12)15(16,17)18/h5-7,9-10,12-13H,3-4H2,1-2H3/t9-,10-,12+,13+/m1/s1. The summed E-state index contributed by atoms with van der Waals surface area (Å²) in [5.41, 5.74) is 0. The summed E-state index contributed by atoms with van der Waals surface area (Å²) in [5.74, 6) is -2.86. The molecule has 1 aromatic heterocycles. The quantitative estimate of drug-likeness (QED) is 0.854. The molecule has 126 valence electrons. The highest BCUT2D eigenvalue weighted by Gasteiger charge is 2.62. The molecule has 0 unspecified atom stereocenters. The minimum Gasteiger partial charge on any atom is -0.497 e. The summed E-state index contributed by atoms with van der Waals surface area (Å²) in [5, 5.41) is 0. The van der Waals surface area contributed by atoms with E-state index in [1.54, 1.807) is 6.07 Å². The Morgan fingerprint density at radius 1 is 1.39 bits per heavy atom. The number of anilines is 1. The number of pyridine rings is 1. The van der Waals surface area contributed by atoms with Crippen molar-refractivity contribution in [2.75, 3.05) is 19.1 Å². The first kappa shape index (κ1) is 16.0. The Morgan fingerprint density at radius 3 is 2.74 bits per heavy atom. The first-order valence-corrected chi connectivity index (χ1v) is 7.32. The van der Waals surface area contributed by atoms with Gasteiger partial charge in [-0.25, -0.2) is 4.98 Å². The number of hydrogen-bond donors (Lipinski definition) is 0. The highest BCUT2D eigenvalue weighted by atomic mass is 19.4. The Hall–Kier alpha value is -1.83. The molecule has 2 aliphatic heterocycles. The van der Waals surface area contributed by atoms with Gasteiger partial charge >= 0.3 is 6.18 Å². The summed E-state index contributed by atoms with van der Waals surface area (Å²) in [6, 6.07) is 3.11. The summed E-state index contributed by atoms with van der Waals surface area (Å²) in [6.07, 6.45) is -3.78. The molecule has 0 saturated carbocycles. The molecule has 23 heavy (non-hydrogen) atoms. The lowest BCUT2D eigenvalue weighted by molar-refractivity contribution is -0.196. The highest BCUT2D eigenvalue weighted by Crippen LogP contribution is 2.51. The van der Waals surface area contributed by atoms with Crippen LogP contribution in [0.2, 0.25) is 0 Å². The molecule has 0 radical (unpaired) electrons. The van der Waals surface area contributed by atoms with Gasteiger partial charge in [0.2, 0.25) is 5.91 Å². The van der Waals surface area contributed by atoms with Gasteiger partial charge in [-0.05, 0) is 18.9 Å². The predicted octanol–water partition coefficient (Wildman–Crippen LogP) is 2.41. The number of rotatable bonds is 3. The molecule has 2 saturated heterocycles. The number of halogens is 3. The molecule has 1 amide bonds. The number of alkyl halides is 3. The number of aromatic nitrogens is 1. The molecule has 0 spiro atoms. The molecule has 2 fully saturated rings. The molecule has 3 rings (SSSR count). The molecular formula is C15H17F3N2O3. The number of carbonyl (C=O) groups excluding carboxylic acids is 1. The summed E-state index contributed by atoms with van der Waals surface area (Å²) < 4.78 is 50.4. The van der Waals surface area contributed by atoms with E-state index in [1.165, 1.54) is 26.4 Å². The molecule has 0 aliphatic carbocycles. The van der Waals surface area contributed by atoms with Crippen LogP contribution in [0.15, 0.2) is 18.3 Å². The van der Waals surface area contributed by atoms with E-state index in [-0.39, 0.29) is 5.82 Å². The van der Waals surface area contributed by atoms with Crippen molar-refractivity contribution in [2.24, 2.45) is 11.8 Å². The van der Waals surface area contributed by atoms with E-state index in [0.29, 0.717) is 18.6 Å². The van der Waals surface area contributed by atoms with Crippen LogP contribution in [0, 0.1) is 11.8 Å². The molecule has 3 heterocycles. The predicted molar refractivity (Wildman–Crippen MR) is 75.1 cm³/mol. The van der Waals surface area contributed by atoms with Crippen molar-refractivity contribution in [3.05, 3.63) is 18.3 Å². The van der Waals surface area contributed by atoms with Gasteiger partial charge in [-0.2, -0.15) is 13.2 Å². The van der Waals surface area contributed by atoms with Crippen molar-refractivity contribution in [1.29, 1.82) is 0 Å². The van der Waals surface area contributed by atoms with Gasteiger partial charge in [0.1, 0.15) is 11.6 Å². The van der Waals surface area contributed by atoms with Gasteiger partial charge < -0.3 is 9.47 Å². The Morgan fingerprint density at radius 2 is 2.09 bits per heavy atom. The van der Waals surface area contributed by atoms with Crippen LogP contribution in [-0.4, -0.2) is 43.4 Å². The van der Waals surface area contributed by atoms with Gasteiger partial charge in [0.05, 0.1) is 31.2 Å². The number of nitrogens with zero attached hydrogens (tertiary/aromatic N) is 2. The fourth-order valence-electron chi connectivity index (χ4n) is 3.45. The van der Waals surface area contributed by atoms with Gasteiger partial charge in [0, 0.05) is 19.3 Å². The molecule has 0 N–H and O–H groups in total. The first-order chi connectivity index (χ1) is 10.8. The largest absolute Gasteiger partial charge is 0.497 e. The maximum Gasteiger partial charge on any atom is 0.395 e. The molecule has 2 aliphatic rings. The van der Waals surface area contributed by atoms with E-state index >= 15 is 0 Å². The van der Waals surface area contributed by atoms with E-state index in [1.807, 2.05) is 0 Å². The second-order valence-electron chi connectivity index (χ2n) is 5.83. The number of carbonyl (C=O) groups is 1. The number of methoxy groups -OCH3 is 1. The average molecular weight is 330 g/mol. The maximum absolute atomic E-state index is 13.3. The SMILES string of the molecule is COc1ccnc(N(C)C(=O)[C@@H]2[C@@H](C(F)(F)F)[C@H]3CC[C@H]2O3)c1. The maximum atomic E-state index is 13.3. The Labute approximate surface area is 131 Å². The van der Waals surface area contributed by atoms with Crippen molar-refractivity contribution >= 4 is 11.7 Å². The van der Waals surface area contributed by atoms with Crippen LogP contribution < -0.4 is 9.64 Å². The summed E-state index contributed by atoms with van der Waals surface area (Å²) in [4.78, 5) is 17.8. The molecule has 8 heteroatoms. The zero-order valence-electron chi connectivity index (χ0n) is 12.7. The average Bonchev–Trinajstić information content (AvgIpc) is 3.13. The third-order valence-corrected chi connectivity index (χ3v) is 4.56. The lowest BCUT2D eigenvalue weighted by Crippen LogP contribution is -2.47. The van der Waals surface area contributed by atoms with E-state index < -0.39 is 36.1 Å². The molecule has 4 atom stereocenters. The van der Waals surface area contributed by atoms with E-state index in [2.05, 4.69) is 4.98 Å². The number of fused-ring (bicyclic) bond motifs is 2. The zero-order valence-corrected chi connectivity index (χ0v) is 12.7. The smallest absolute Gasteiger partial charge is 0.395 e. The number of hydrogen-bond acceptors (Lipinski definition) is 4. The molecule has 0 aromatic carbocycles. The summed E-state index contributed by atoms with van der Waals surface area (Å²) in [6.45, 7) is 0. The lowest BCUT2D eigenvalue weighted by atomic mass is 9.78. The van der Waals surface area contributed by atoms with Crippen LogP contribution in [-0.2, 0) is 9.53 Å². The molecular weight excluding hydrogens is 313 g/mol. The van der Waals surface area contributed by atoms with Gasteiger partial charge in [-0.3, -0.25) is 9.69 Å². The van der Waals surface area contributed by atoms with Crippen molar-refractivity contribution < 1.29 is 27.4 Å². The van der Waals surface area contributed by atoms with E-state index in [0.717, 1.165) is 4.90 Å². The molecule has 1 aromatic rings. The molecule has 2 bridgehead atoms. The Balaban J connectivity index is 1.86. The fraction of sp³-hybridized carbons (Fsp3) is 0.600. The summed E-state index contributed by atoms with van der Waals surface area (Å²) >= 11 is 0. The van der Waals surface area contributed by atoms with E-state index in [9.17, 15) is 18.0 Å².